The van der Waals surface area contributed by atoms with Crippen LogP contribution in [0.1, 0.15) is 43.7 Å². The molecule has 2 aromatic carbocycles. The fourth-order valence-electron chi connectivity index (χ4n) is 3.29. The van der Waals surface area contributed by atoms with Gasteiger partial charge in [-0.15, -0.1) is 0 Å². The molecule has 0 heterocycles. The quantitative estimate of drug-likeness (QED) is 0.693. The van der Waals surface area contributed by atoms with E-state index in [0.717, 1.165) is 40.4 Å². The van der Waals surface area contributed by atoms with Gasteiger partial charge in [0.05, 0.1) is 6.10 Å². The summed E-state index contributed by atoms with van der Waals surface area (Å²) in [4.78, 5) is 12.4. The first kappa shape index (κ1) is 19.6. The van der Waals surface area contributed by atoms with Crippen LogP contribution in [0.25, 0.3) is 0 Å². The first-order valence-electron chi connectivity index (χ1n) is 9.43. The zero-order valence-electron chi connectivity index (χ0n) is 16.0. The standard InChI is InChI=1S/C22H26ClNO3/c1-14-12-20(13-15(2)21(14)23)26-16(3)22(25)24-17-8-10-19(11-9-17)27-18-6-4-5-7-18/h8-13,16,18H,4-7H2,1-3H3,(H,24,25)/t16-/m1/s1. The first-order valence-corrected chi connectivity index (χ1v) is 9.81. The van der Waals surface area contributed by atoms with Gasteiger partial charge in [0, 0.05) is 10.7 Å². The number of amides is 1. The van der Waals surface area contributed by atoms with Gasteiger partial charge in [-0.05, 0) is 94.0 Å². The third-order valence-electron chi connectivity index (χ3n) is 4.82. The lowest BCUT2D eigenvalue weighted by Gasteiger charge is -2.17. The maximum atomic E-state index is 12.4. The highest BCUT2D eigenvalue weighted by Crippen LogP contribution is 2.27. The number of hydrogen-bond donors (Lipinski definition) is 1. The van der Waals surface area contributed by atoms with Crippen molar-refractivity contribution in [1.29, 1.82) is 0 Å². The minimum absolute atomic E-state index is 0.204. The van der Waals surface area contributed by atoms with E-state index in [9.17, 15) is 4.79 Å². The molecule has 1 saturated carbocycles. The average Bonchev–Trinajstić information content (AvgIpc) is 3.14. The van der Waals surface area contributed by atoms with Crippen LogP contribution in [0.15, 0.2) is 36.4 Å². The Labute approximate surface area is 165 Å². The number of rotatable bonds is 6. The molecule has 1 aliphatic rings. The van der Waals surface area contributed by atoms with E-state index in [1.807, 2.05) is 50.2 Å². The molecule has 0 bridgehead atoms. The molecular formula is C22H26ClNO3. The van der Waals surface area contributed by atoms with E-state index >= 15 is 0 Å². The Morgan fingerprint density at radius 1 is 1.07 bits per heavy atom. The van der Waals surface area contributed by atoms with Crippen LogP contribution in [-0.4, -0.2) is 18.1 Å². The molecular weight excluding hydrogens is 362 g/mol. The molecule has 1 fully saturated rings. The van der Waals surface area contributed by atoms with Gasteiger partial charge < -0.3 is 14.8 Å². The fraction of sp³-hybridized carbons (Fsp3) is 0.409. The van der Waals surface area contributed by atoms with Crippen molar-refractivity contribution in [2.45, 2.75) is 58.7 Å². The molecule has 3 rings (SSSR count). The maximum absolute atomic E-state index is 12.4. The predicted octanol–water partition coefficient (Wildman–Crippen LogP) is 5.68. The lowest BCUT2D eigenvalue weighted by atomic mass is 10.1. The van der Waals surface area contributed by atoms with Crippen LogP contribution in [0.5, 0.6) is 11.5 Å². The van der Waals surface area contributed by atoms with Crippen molar-refractivity contribution >= 4 is 23.2 Å². The number of carbonyl (C=O) groups excluding carboxylic acids is 1. The second-order valence-corrected chi connectivity index (χ2v) is 7.55. The van der Waals surface area contributed by atoms with Crippen LogP contribution < -0.4 is 14.8 Å². The number of anilines is 1. The molecule has 4 nitrogen and oxygen atoms in total. The van der Waals surface area contributed by atoms with Crippen LogP contribution in [0, 0.1) is 13.8 Å². The maximum Gasteiger partial charge on any atom is 0.265 e. The number of aryl methyl sites for hydroxylation is 2. The van der Waals surface area contributed by atoms with Crippen LogP contribution in [0.3, 0.4) is 0 Å². The second kappa shape index (κ2) is 8.66. The van der Waals surface area contributed by atoms with E-state index in [-0.39, 0.29) is 5.91 Å². The van der Waals surface area contributed by atoms with Crippen molar-refractivity contribution in [2.75, 3.05) is 5.32 Å². The highest BCUT2D eigenvalue weighted by Gasteiger charge is 2.18. The van der Waals surface area contributed by atoms with Crippen LogP contribution in [-0.2, 0) is 4.79 Å². The molecule has 0 spiro atoms. The number of carbonyl (C=O) groups is 1. The smallest absolute Gasteiger partial charge is 0.265 e. The molecule has 1 aliphatic carbocycles. The number of benzene rings is 2. The normalized spacial score (nSPS) is 15.4. The van der Waals surface area contributed by atoms with E-state index in [1.165, 1.54) is 12.8 Å². The van der Waals surface area contributed by atoms with Crippen molar-refractivity contribution < 1.29 is 14.3 Å². The average molecular weight is 388 g/mol. The third-order valence-corrected chi connectivity index (χ3v) is 5.42. The summed E-state index contributed by atoms with van der Waals surface area (Å²) < 4.78 is 11.7. The van der Waals surface area contributed by atoms with Crippen molar-refractivity contribution in [3.05, 3.63) is 52.5 Å². The molecule has 2 aromatic rings. The van der Waals surface area contributed by atoms with Gasteiger partial charge in [-0.1, -0.05) is 11.6 Å². The SMILES string of the molecule is Cc1cc(O[C@H](C)C(=O)Nc2ccc(OC3CCCC3)cc2)cc(C)c1Cl. The summed E-state index contributed by atoms with van der Waals surface area (Å²) in [6.45, 7) is 5.57. The predicted molar refractivity (Wildman–Crippen MR) is 109 cm³/mol. The van der Waals surface area contributed by atoms with Crippen molar-refractivity contribution in [3.63, 3.8) is 0 Å². The molecule has 1 atom stereocenters. The van der Waals surface area contributed by atoms with Gasteiger partial charge in [0.25, 0.3) is 5.91 Å². The zero-order chi connectivity index (χ0) is 19.4. The monoisotopic (exact) mass is 387 g/mol. The molecule has 0 aliphatic heterocycles. The topological polar surface area (TPSA) is 47.6 Å². The number of hydrogen-bond acceptors (Lipinski definition) is 3. The molecule has 27 heavy (non-hydrogen) atoms. The van der Waals surface area contributed by atoms with E-state index in [1.54, 1.807) is 6.92 Å². The summed E-state index contributed by atoms with van der Waals surface area (Å²) >= 11 is 6.18. The summed E-state index contributed by atoms with van der Waals surface area (Å²) in [7, 11) is 0. The summed E-state index contributed by atoms with van der Waals surface area (Å²) in [5.41, 5.74) is 2.58. The lowest BCUT2D eigenvalue weighted by Crippen LogP contribution is -2.30. The Morgan fingerprint density at radius 3 is 2.26 bits per heavy atom. The van der Waals surface area contributed by atoms with Crippen molar-refractivity contribution in [2.24, 2.45) is 0 Å². The van der Waals surface area contributed by atoms with E-state index in [0.29, 0.717) is 11.9 Å². The summed E-state index contributed by atoms with van der Waals surface area (Å²) in [6.07, 6.45) is 4.42. The van der Waals surface area contributed by atoms with Gasteiger partial charge in [0.2, 0.25) is 0 Å². The summed E-state index contributed by atoms with van der Waals surface area (Å²) in [5, 5.41) is 3.60. The number of ether oxygens (including phenoxy) is 2. The minimum atomic E-state index is -0.626. The Morgan fingerprint density at radius 2 is 1.67 bits per heavy atom. The highest BCUT2D eigenvalue weighted by atomic mass is 35.5. The Kier molecular flexibility index (Phi) is 6.27. The fourth-order valence-corrected chi connectivity index (χ4v) is 3.40. The molecule has 1 N–H and O–H groups in total. The molecule has 0 radical (unpaired) electrons. The van der Waals surface area contributed by atoms with Gasteiger partial charge in [-0.25, -0.2) is 0 Å². The summed E-state index contributed by atoms with van der Waals surface area (Å²) in [6, 6.07) is 11.2. The molecule has 0 saturated heterocycles. The van der Waals surface area contributed by atoms with Crippen LogP contribution in [0.4, 0.5) is 5.69 Å². The Balaban J connectivity index is 1.56. The van der Waals surface area contributed by atoms with Gasteiger partial charge in [0.15, 0.2) is 6.10 Å². The van der Waals surface area contributed by atoms with Gasteiger partial charge in [-0.3, -0.25) is 4.79 Å². The molecule has 144 valence electrons. The van der Waals surface area contributed by atoms with E-state index in [4.69, 9.17) is 21.1 Å². The molecule has 5 heteroatoms. The first-order chi connectivity index (χ1) is 12.9. The van der Waals surface area contributed by atoms with Crippen LogP contribution >= 0.6 is 11.6 Å². The largest absolute Gasteiger partial charge is 0.490 e. The van der Waals surface area contributed by atoms with Gasteiger partial charge in [-0.2, -0.15) is 0 Å². The Bertz CT molecular complexity index is 775. The molecule has 0 unspecified atom stereocenters. The Hall–Kier alpha value is -2.20. The van der Waals surface area contributed by atoms with Crippen molar-refractivity contribution in [1.82, 2.24) is 0 Å². The third kappa shape index (κ3) is 5.16. The van der Waals surface area contributed by atoms with Gasteiger partial charge in [0.1, 0.15) is 11.5 Å². The van der Waals surface area contributed by atoms with E-state index in [2.05, 4.69) is 5.32 Å². The van der Waals surface area contributed by atoms with E-state index < -0.39 is 6.10 Å². The number of nitrogens with one attached hydrogen (secondary N) is 1. The van der Waals surface area contributed by atoms with Crippen molar-refractivity contribution in [3.8, 4) is 11.5 Å². The number of halogens is 1. The minimum Gasteiger partial charge on any atom is -0.490 e. The van der Waals surface area contributed by atoms with Crippen LogP contribution in [0.2, 0.25) is 5.02 Å². The zero-order valence-corrected chi connectivity index (χ0v) is 16.8. The summed E-state index contributed by atoms with van der Waals surface area (Å²) in [5.74, 6) is 1.28. The highest BCUT2D eigenvalue weighted by molar-refractivity contribution is 6.32. The van der Waals surface area contributed by atoms with Gasteiger partial charge >= 0.3 is 0 Å². The molecule has 0 aromatic heterocycles. The lowest BCUT2D eigenvalue weighted by molar-refractivity contribution is -0.122. The second-order valence-electron chi connectivity index (χ2n) is 7.17. The molecule has 1 amide bonds.